The van der Waals surface area contributed by atoms with Crippen molar-refractivity contribution in [3.63, 3.8) is 0 Å². The van der Waals surface area contributed by atoms with Crippen molar-refractivity contribution < 1.29 is 13.2 Å². The number of aromatic nitrogens is 1. The number of halogens is 3. The summed E-state index contributed by atoms with van der Waals surface area (Å²) < 4.78 is 36.5. The molecular formula is C10H13F3N2. The third-order valence-corrected chi connectivity index (χ3v) is 2.14. The summed E-state index contributed by atoms with van der Waals surface area (Å²) in [5.41, 5.74) is 5.55. The molecule has 0 radical (unpaired) electrons. The summed E-state index contributed by atoms with van der Waals surface area (Å²) in [6.45, 7) is 1.93. The van der Waals surface area contributed by atoms with Crippen molar-refractivity contribution in [3.05, 3.63) is 29.6 Å². The Morgan fingerprint density at radius 1 is 1.40 bits per heavy atom. The Morgan fingerprint density at radius 3 is 2.47 bits per heavy atom. The zero-order chi connectivity index (χ0) is 11.5. The van der Waals surface area contributed by atoms with Gasteiger partial charge < -0.3 is 5.73 Å². The number of nitrogens with two attached hydrogens (primary N) is 1. The molecule has 1 aromatic heterocycles. The van der Waals surface area contributed by atoms with Gasteiger partial charge in [0.05, 0.1) is 0 Å². The van der Waals surface area contributed by atoms with Crippen LogP contribution in [0.4, 0.5) is 13.2 Å². The molecule has 0 aliphatic heterocycles. The standard InChI is InChI=1S/C10H13F3N2/c1-2-8(14)5-7-3-4-9(15-6-7)10(11,12)13/h3-4,6,8H,2,5,14H2,1H3/t8-/m1/s1. The molecule has 5 heteroatoms. The van der Waals surface area contributed by atoms with Crippen molar-refractivity contribution in [2.45, 2.75) is 32.0 Å². The number of hydrogen-bond acceptors (Lipinski definition) is 2. The summed E-state index contributed by atoms with van der Waals surface area (Å²) in [6.07, 6.45) is -1.79. The van der Waals surface area contributed by atoms with Crippen LogP contribution in [0, 0.1) is 0 Å². The number of rotatable bonds is 3. The molecule has 0 fully saturated rings. The number of nitrogens with zero attached hydrogens (tertiary/aromatic N) is 1. The molecule has 1 aromatic rings. The van der Waals surface area contributed by atoms with Gasteiger partial charge >= 0.3 is 6.18 Å². The van der Waals surface area contributed by atoms with E-state index in [4.69, 9.17) is 5.73 Å². The van der Waals surface area contributed by atoms with E-state index in [-0.39, 0.29) is 6.04 Å². The average molecular weight is 218 g/mol. The molecule has 0 spiro atoms. The normalized spacial score (nSPS) is 13.9. The van der Waals surface area contributed by atoms with Crippen LogP contribution in [0.1, 0.15) is 24.6 Å². The number of pyridine rings is 1. The van der Waals surface area contributed by atoms with Gasteiger partial charge in [-0.05, 0) is 24.5 Å². The molecule has 0 aromatic carbocycles. The first kappa shape index (κ1) is 12.0. The minimum Gasteiger partial charge on any atom is -0.327 e. The van der Waals surface area contributed by atoms with Crippen LogP contribution in [0.25, 0.3) is 0 Å². The molecule has 15 heavy (non-hydrogen) atoms. The van der Waals surface area contributed by atoms with Crippen LogP contribution in [0.15, 0.2) is 18.3 Å². The highest BCUT2D eigenvalue weighted by molar-refractivity contribution is 5.16. The van der Waals surface area contributed by atoms with Gasteiger partial charge in [0.2, 0.25) is 0 Å². The van der Waals surface area contributed by atoms with Crippen LogP contribution < -0.4 is 5.73 Å². The highest BCUT2D eigenvalue weighted by atomic mass is 19.4. The van der Waals surface area contributed by atoms with E-state index in [1.807, 2.05) is 6.92 Å². The van der Waals surface area contributed by atoms with Crippen molar-refractivity contribution in [3.8, 4) is 0 Å². The van der Waals surface area contributed by atoms with Gasteiger partial charge in [-0.25, -0.2) is 0 Å². The maximum absolute atomic E-state index is 12.2. The largest absolute Gasteiger partial charge is 0.433 e. The predicted octanol–water partition coefficient (Wildman–Crippen LogP) is 2.38. The first-order chi connectivity index (χ1) is 6.93. The van der Waals surface area contributed by atoms with Gasteiger partial charge in [0.25, 0.3) is 0 Å². The SMILES string of the molecule is CC[C@@H](N)Cc1ccc(C(F)(F)F)nc1. The van der Waals surface area contributed by atoms with E-state index in [0.717, 1.165) is 18.1 Å². The summed E-state index contributed by atoms with van der Waals surface area (Å²) in [5.74, 6) is 0. The van der Waals surface area contributed by atoms with Crippen LogP contribution in [0.5, 0.6) is 0 Å². The molecular weight excluding hydrogens is 205 g/mol. The maximum atomic E-state index is 12.2. The molecule has 84 valence electrons. The molecule has 0 bridgehead atoms. The van der Waals surface area contributed by atoms with E-state index in [9.17, 15) is 13.2 Å². The minimum absolute atomic E-state index is 0.0245. The van der Waals surface area contributed by atoms with E-state index in [1.165, 1.54) is 12.3 Å². The highest BCUT2D eigenvalue weighted by Gasteiger charge is 2.31. The Balaban J connectivity index is 2.73. The monoisotopic (exact) mass is 218 g/mol. The average Bonchev–Trinajstić information content (AvgIpc) is 2.17. The van der Waals surface area contributed by atoms with Crippen molar-refractivity contribution in [1.29, 1.82) is 0 Å². The van der Waals surface area contributed by atoms with Gasteiger partial charge in [0.1, 0.15) is 5.69 Å². The fourth-order valence-electron chi connectivity index (χ4n) is 1.16. The molecule has 2 nitrogen and oxygen atoms in total. The van der Waals surface area contributed by atoms with Crippen molar-refractivity contribution in [2.24, 2.45) is 5.73 Å². The van der Waals surface area contributed by atoms with Gasteiger partial charge in [-0.15, -0.1) is 0 Å². The molecule has 0 amide bonds. The summed E-state index contributed by atoms with van der Waals surface area (Å²) in [5, 5.41) is 0. The van der Waals surface area contributed by atoms with Crippen LogP contribution in [-0.2, 0) is 12.6 Å². The van der Waals surface area contributed by atoms with Gasteiger partial charge in [-0.2, -0.15) is 13.2 Å². The Hall–Kier alpha value is -1.10. The maximum Gasteiger partial charge on any atom is 0.433 e. The van der Waals surface area contributed by atoms with Crippen LogP contribution in [0.2, 0.25) is 0 Å². The lowest BCUT2D eigenvalue weighted by Gasteiger charge is -2.09. The summed E-state index contributed by atoms with van der Waals surface area (Å²) in [4.78, 5) is 3.36. The van der Waals surface area contributed by atoms with E-state index in [2.05, 4.69) is 4.98 Å². The Labute approximate surface area is 86.3 Å². The molecule has 0 saturated carbocycles. The molecule has 0 aliphatic rings. The molecule has 0 aliphatic carbocycles. The first-order valence-corrected chi connectivity index (χ1v) is 4.71. The van der Waals surface area contributed by atoms with Crippen molar-refractivity contribution in [2.75, 3.05) is 0 Å². The van der Waals surface area contributed by atoms with Crippen LogP contribution in [-0.4, -0.2) is 11.0 Å². The van der Waals surface area contributed by atoms with Crippen LogP contribution >= 0.6 is 0 Å². The zero-order valence-corrected chi connectivity index (χ0v) is 8.38. The van der Waals surface area contributed by atoms with Gasteiger partial charge in [0, 0.05) is 12.2 Å². The lowest BCUT2D eigenvalue weighted by atomic mass is 10.1. The predicted molar refractivity (Wildman–Crippen MR) is 51.2 cm³/mol. The topological polar surface area (TPSA) is 38.9 Å². The summed E-state index contributed by atoms with van der Waals surface area (Å²) >= 11 is 0. The summed E-state index contributed by atoms with van der Waals surface area (Å²) in [6, 6.07) is 2.38. The third kappa shape index (κ3) is 3.51. The fraction of sp³-hybridized carbons (Fsp3) is 0.500. The third-order valence-electron chi connectivity index (χ3n) is 2.14. The Morgan fingerprint density at radius 2 is 2.07 bits per heavy atom. The second kappa shape index (κ2) is 4.61. The van der Waals surface area contributed by atoms with Crippen molar-refractivity contribution >= 4 is 0 Å². The van der Waals surface area contributed by atoms with Gasteiger partial charge in [0.15, 0.2) is 0 Å². The molecule has 1 heterocycles. The molecule has 0 saturated heterocycles. The quantitative estimate of drug-likeness (QED) is 0.845. The Kier molecular flexibility index (Phi) is 3.68. The van der Waals surface area contributed by atoms with E-state index >= 15 is 0 Å². The lowest BCUT2D eigenvalue weighted by Crippen LogP contribution is -2.21. The first-order valence-electron chi connectivity index (χ1n) is 4.71. The second-order valence-electron chi connectivity index (χ2n) is 3.42. The van der Waals surface area contributed by atoms with Crippen molar-refractivity contribution in [1.82, 2.24) is 4.98 Å². The van der Waals surface area contributed by atoms with E-state index in [0.29, 0.717) is 6.42 Å². The number of hydrogen-bond donors (Lipinski definition) is 1. The molecule has 1 rings (SSSR count). The summed E-state index contributed by atoms with van der Waals surface area (Å²) in [7, 11) is 0. The zero-order valence-electron chi connectivity index (χ0n) is 8.38. The van der Waals surface area contributed by atoms with E-state index in [1.54, 1.807) is 0 Å². The van der Waals surface area contributed by atoms with Gasteiger partial charge in [-0.3, -0.25) is 4.98 Å². The second-order valence-corrected chi connectivity index (χ2v) is 3.42. The molecule has 2 N–H and O–H groups in total. The Bertz CT molecular complexity index is 305. The minimum atomic E-state index is -4.37. The molecule has 1 atom stereocenters. The fourth-order valence-corrected chi connectivity index (χ4v) is 1.16. The van der Waals surface area contributed by atoms with Crippen LogP contribution in [0.3, 0.4) is 0 Å². The smallest absolute Gasteiger partial charge is 0.327 e. The lowest BCUT2D eigenvalue weighted by molar-refractivity contribution is -0.141. The highest BCUT2D eigenvalue weighted by Crippen LogP contribution is 2.27. The van der Waals surface area contributed by atoms with Gasteiger partial charge in [-0.1, -0.05) is 13.0 Å². The molecule has 0 unspecified atom stereocenters. The van der Waals surface area contributed by atoms with E-state index < -0.39 is 11.9 Å². The number of alkyl halides is 3.